The van der Waals surface area contributed by atoms with E-state index in [1.165, 1.54) is 10.6 Å². The molecule has 0 aliphatic carbocycles. The number of aryl methyl sites for hydroxylation is 1. The second kappa shape index (κ2) is 7.71. The Hall–Kier alpha value is -1.44. The fourth-order valence-electron chi connectivity index (χ4n) is 1.83. The molecular weight excluding hydrogens is 332 g/mol. The van der Waals surface area contributed by atoms with Crippen molar-refractivity contribution in [1.82, 2.24) is 15.2 Å². The van der Waals surface area contributed by atoms with Crippen molar-refractivity contribution in [2.24, 2.45) is 0 Å². The van der Waals surface area contributed by atoms with Gasteiger partial charge in [-0.05, 0) is 12.0 Å². The monoisotopic (exact) mass is 348 g/mol. The SMILES string of the molecule is CCc1nc(CSc2nnc(NCc3ccccc3)s2)cs1. The summed E-state index contributed by atoms with van der Waals surface area (Å²) in [6.45, 7) is 2.90. The highest BCUT2D eigenvalue weighted by Crippen LogP contribution is 2.28. The molecule has 0 atom stereocenters. The summed E-state index contributed by atoms with van der Waals surface area (Å²) < 4.78 is 0.974. The number of aromatic nitrogens is 3. The van der Waals surface area contributed by atoms with E-state index in [4.69, 9.17) is 0 Å². The lowest BCUT2D eigenvalue weighted by Gasteiger charge is -2.00. The van der Waals surface area contributed by atoms with Gasteiger partial charge >= 0.3 is 0 Å². The van der Waals surface area contributed by atoms with Crippen LogP contribution in [0.1, 0.15) is 23.2 Å². The number of nitrogens with one attached hydrogen (secondary N) is 1. The summed E-state index contributed by atoms with van der Waals surface area (Å²) in [7, 11) is 0. The quantitative estimate of drug-likeness (QED) is 0.639. The van der Waals surface area contributed by atoms with Crippen molar-refractivity contribution in [3.8, 4) is 0 Å². The van der Waals surface area contributed by atoms with Crippen LogP contribution in [0.25, 0.3) is 0 Å². The molecule has 0 saturated heterocycles. The van der Waals surface area contributed by atoms with Crippen LogP contribution in [0, 0.1) is 0 Å². The Balaban J connectivity index is 1.50. The maximum atomic E-state index is 4.57. The Morgan fingerprint density at radius 3 is 2.82 bits per heavy atom. The molecule has 3 aromatic rings. The summed E-state index contributed by atoms with van der Waals surface area (Å²) in [6, 6.07) is 10.3. The van der Waals surface area contributed by atoms with Gasteiger partial charge in [-0.1, -0.05) is 60.4 Å². The number of anilines is 1. The van der Waals surface area contributed by atoms with Crippen molar-refractivity contribution in [1.29, 1.82) is 0 Å². The number of thiazole rings is 1. The molecule has 0 fully saturated rings. The van der Waals surface area contributed by atoms with E-state index in [0.29, 0.717) is 0 Å². The third-order valence-corrected chi connectivity index (χ3v) is 6.03. The van der Waals surface area contributed by atoms with Gasteiger partial charge in [0, 0.05) is 17.7 Å². The molecule has 2 aromatic heterocycles. The zero-order chi connectivity index (χ0) is 15.2. The molecule has 0 spiro atoms. The van der Waals surface area contributed by atoms with E-state index in [-0.39, 0.29) is 0 Å². The lowest BCUT2D eigenvalue weighted by molar-refractivity contribution is 0.993. The van der Waals surface area contributed by atoms with E-state index in [2.05, 4.69) is 44.9 Å². The van der Waals surface area contributed by atoms with Crippen LogP contribution in [-0.4, -0.2) is 15.2 Å². The highest BCUT2D eigenvalue weighted by Gasteiger charge is 2.07. The minimum atomic E-state index is 0.770. The second-order valence-electron chi connectivity index (χ2n) is 4.59. The van der Waals surface area contributed by atoms with Crippen molar-refractivity contribution in [2.75, 3.05) is 5.32 Å². The molecule has 2 heterocycles. The zero-order valence-electron chi connectivity index (χ0n) is 12.2. The number of nitrogens with zero attached hydrogens (tertiary/aromatic N) is 3. The Morgan fingerprint density at radius 1 is 1.18 bits per heavy atom. The Labute approximate surface area is 142 Å². The molecule has 22 heavy (non-hydrogen) atoms. The van der Waals surface area contributed by atoms with Gasteiger partial charge in [-0.3, -0.25) is 0 Å². The topological polar surface area (TPSA) is 50.7 Å². The molecule has 7 heteroatoms. The van der Waals surface area contributed by atoms with Gasteiger partial charge in [-0.15, -0.1) is 21.5 Å². The van der Waals surface area contributed by atoms with Gasteiger partial charge in [0.2, 0.25) is 5.13 Å². The Bertz CT molecular complexity index is 708. The fraction of sp³-hybridized carbons (Fsp3) is 0.267. The molecule has 0 bridgehead atoms. The molecule has 0 unspecified atom stereocenters. The molecule has 1 aromatic carbocycles. The van der Waals surface area contributed by atoms with Crippen molar-refractivity contribution < 1.29 is 0 Å². The van der Waals surface area contributed by atoms with Crippen LogP contribution in [0.15, 0.2) is 40.1 Å². The first-order chi connectivity index (χ1) is 10.8. The Kier molecular flexibility index (Phi) is 5.42. The highest BCUT2D eigenvalue weighted by atomic mass is 32.2. The smallest absolute Gasteiger partial charge is 0.206 e. The van der Waals surface area contributed by atoms with Crippen LogP contribution < -0.4 is 5.32 Å². The van der Waals surface area contributed by atoms with E-state index in [9.17, 15) is 0 Å². The van der Waals surface area contributed by atoms with E-state index >= 15 is 0 Å². The minimum absolute atomic E-state index is 0.770. The molecule has 0 aliphatic rings. The van der Waals surface area contributed by atoms with Gasteiger partial charge in [0.05, 0.1) is 10.7 Å². The standard InChI is InChI=1S/C15H16N4S3/c1-2-13-17-12(9-20-13)10-21-15-19-18-14(22-15)16-8-11-6-4-3-5-7-11/h3-7,9H,2,8,10H2,1H3,(H,16,18). The van der Waals surface area contributed by atoms with Crippen molar-refractivity contribution >= 4 is 39.6 Å². The summed E-state index contributed by atoms with van der Waals surface area (Å²) in [5, 5.41) is 15.9. The van der Waals surface area contributed by atoms with E-state index in [0.717, 1.165) is 33.9 Å². The van der Waals surface area contributed by atoms with Gasteiger partial charge in [0.15, 0.2) is 4.34 Å². The molecule has 0 radical (unpaired) electrons. The van der Waals surface area contributed by atoms with Crippen LogP contribution in [0.4, 0.5) is 5.13 Å². The zero-order valence-corrected chi connectivity index (χ0v) is 14.6. The summed E-state index contributed by atoms with van der Waals surface area (Å²) in [5.41, 5.74) is 2.36. The number of hydrogen-bond acceptors (Lipinski definition) is 7. The maximum Gasteiger partial charge on any atom is 0.206 e. The average molecular weight is 349 g/mol. The third kappa shape index (κ3) is 4.28. The van der Waals surface area contributed by atoms with E-state index in [1.807, 2.05) is 18.2 Å². The van der Waals surface area contributed by atoms with Gasteiger partial charge in [-0.25, -0.2) is 4.98 Å². The van der Waals surface area contributed by atoms with Crippen molar-refractivity contribution in [2.45, 2.75) is 30.0 Å². The van der Waals surface area contributed by atoms with Gasteiger partial charge in [0.1, 0.15) is 0 Å². The van der Waals surface area contributed by atoms with Gasteiger partial charge < -0.3 is 5.32 Å². The van der Waals surface area contributed by atoms with E-state index in [1.54, 1.807) is 34.4 Å². The van der Waals surface area contributed by atoms with Crippen LogP contribution in [-0.2, 0) is 18.7 Å². The van der Waals surface area contributed by atoms with Crippen LogP contribution >= 0.6 is 34.4 Å². The molecule has 0 aliphatic heterocycles. The fourth-order valence-corrected chi connectivity index (χ4v) is 4.32. The molecule has 1 N–H and O–H groups in total. The van der Waals surface area contributed by atoms with Gasteiger partial charge in [-0.2, -0.15) is 0 Å². The summed E-state index contributed by atoms with van der Waals surface area (Å²) in [6.07, 6.45) is 1.00. The minimum Gasteiger partial charge on any atom is -0.356 e. The van der Waals surface area contributed by atoms with E-state index < -0.39 is 0 Å². The second-order valence-corrected chi connectivity index (χ2v) is 7.73. The van der Waals surface area contributed by atoms with Crippen LogP contribution in [0.5, 0.6) is 0 Å². The normalized spacial score (nSPS) is 10.8. The molecule has 3 rings (SSSR count). The molecule has 0 amide bonds. The predicted molar refractivity (Wildman–Crippen MR) is 94.7 cm³/mol. The van der Waals surface area contributed by atoms with Gasteiger partial charge in [0.25, 0.3) is 0 Å². The molecular formula is C15H16N4S3. The first-order valence-corrected chi connectivity index (χ1v) is 9.69. The average Bonchev–Trinajstić information content (AvgIpc) is 3.21. The maximum absolute atomic E-state index is 4.57. The lowest BCUT2D eigenvalue weighted by Crippen LogP contribution is -1.98. The number of thioether (sulfide) groups is 1. The van der Waals surface area contributed by atoms with Crippen molar-refractivity contribution in [3.05, 3.63) is 52.0 Å². The number of hydrogen-bond donors (Lipinski definition) is 1. The molecule has 4 nitrogen and oxygen atoms in total. The van der Waals surface area contributed by atoms with Crippen LogP contribution in [0.2, 0.25) is 0 Å². The highest BCUT2D eigenvalue weighted by molar-refractivity contribution is 8.00. The summed E-state index contributed by atoms with van der Waals surface area (Å²) in [5.74, 6) is 0.851. The lowest BCUT2D eigenvalue weighted by atomic mass is 10.2. The van der Waals surface area contributed by atoms with Crippen molar-refractivity contribution in [3.63, 3.8) is 0 Å². The number of benzene rings is 1. The summed E-state index contributed by atoms with van der Waals surface area (Å²) in [4.78, 5) is 4.57. The largest absolute Gasteiger partial charge is 0.356 e. The van der Waals surface area contributed by atoms with Crippen LogP contribution in [0.3, 0.4) is 0 Å². The third-order valence-electron chi connectivity index (χ3n) is 2.94. The Morgan fingerprint density at radius 2 is 2.05 bits per heavy atom. The first kappa shape index (κ1) is 15.5. The first-order valence-electron chi connectivity index (χ1n) is 7.01. The molecule has 114 valence electrons. The molecule has 0 saturated carbocycles. The predicted octanol–water partition coefficient (Wildman–Crippen LogP) is 4.46. The summed E-state index contributed by atoms with van der Waals surface area (Å²) >= 11 is 5.00. The number of rotatable bonds is 7.